The number of nitrogens with one attached hydrogen (secondary N) is 1. The zero-order valence-corrected chi connectivity index (χ0v) is 9.99. The van der Waals surface area contributed by atoms with Gasteiger partial charge in [-0.1, -0.05) is 13.8 Å². The second-order valence-corrected chi connectivity index (χ2v) is 5.01. The highest BCUT2D eigenvalue weighted by Gasteiger charge is 2.30. The Kier molecular flexibility index (Phi) is 4.58. The molecule has 0 bridgehead atoms. The van der Waals surface area contributed by atoms with Gasteiger partial charge in [-0.15, -0.1) is 0 Å². The van der Waals surface area contributed by atoms with Crippen molar-refractivity contribution in [2.24, 2.45) is 17.8 Å². The van der Waals surface area contributed by atoms with Gasteiger partial charge < -0.3 is 10.4 Å². The molecule has 0 aromatic heterocycles. The smallest absolute Gasteiger partial charge is 0.306 e. The van der Waals surface area contributed by atoms with Crippen LogP contribution in [0.3, 0.4) is 0 Å². The van der Waals surface area contributed by atoms with Gasteiger partial charge in [0.15, 0.2) is 0 Å². The average Bonchev–Trinajstić information content (AvgIpc) is 2.19. The maximum atomic E-state index is 10.8. The molecule has 1 unspecified atom stereocenters. The van der Waals surface area contributed by atoms with E-state index >= 15 is 0 Å². The van der Waals surface area contributed by atoms with Crippen LogP contribution in [0.15, 0.2) is 0 Å². The van der Waals surface area contributed by atoms with E-state index in [0.717, 1.165) is 25.7 Å². The van der Waals surface area contributed by atoms with E-state index in [4.69, 9.17) is 5.11 Å². The quantitative estimate of drug-likeness (QED) is 0.752. The van der Waals surface area contributed by atoms with Gasteiger partial charge >= 0.3 is 5.97 Å². The predicted molar refractivity (Wildman–Crippen MR) is 60.8 cm³/mol. The van der Waals surface area contributed by atoms with Gasteiger partial charge in [0.2, 0.25) is 0 Å². The highest BCUT2D eigenvalue weighted by molar-refractivity contribution is 5.69. The summed E-state index contributed by atoms with van der Waals surface area (Å²) in [7, 11) is 2.01. The fraction of sp³-hybridized carbons (Fsp3) is 0.917. The molecule has 1 rings (SSSR count). The Labute approximate surface area is 92.3 Å². The Bertz CT molecular complexity index is 208. The van der Waals surface area contributed by atoms with Crippen molar-refractivity contribution < 1.29 is 9.90 Å². The van der Waals surface area contributed by atoms with Crippen molar-refractivity contribution in [2.75, 3.05) is 7.05 Å². The molecular formula is C12H23NO2. The van der Waals surface area contributed by atoms with Crippen molar-refractivity contribution in [1.82, 2.24) is 5.32 Å². The lowest BCUT2D eigenvalue weighted by atomic mass is 9.76. The van der Waals surface area contributed by atoms with E-state index < -0.39 is 5.97 Å². The lowest BCUT2D eigenvalue weighted by molar-refractivity contribution is -0.143. The van der Waals surface area contributed by atoms with E-state index in [1.807, 2.05) is 7.05 Å². The molecule has 0 aliphatic heterocycles. The Morgan fingerprint density at radius 2 is 1.80 bits per heavy atom. The van der Waals surface area contributed by atoms with Crippen molar-refractivity contribution in [2.45, 2.75) is 45.6 Å². The molecule has 88 valence electrons. The third-order valence-electron chi connectivity index (χ3n) is 3.68. The van der Waals surface area contributed by atoms with E-state index in [0.29, 0.717) is 17.9 Å². The molecule has 0 aromatic rings. The third kappa shape index (κ3) is 3.20. The molecule has 3 nitrogen and oxygen atoms in total. The highest BCUT2D eigenvalue weighted by Crippen LogP contribution is 2.32. The number of rotatable bonds is 4. The standard InChI is InChI=1S/C12H23NO2/c1-8(2)11(13-3)9-4-6-10(7-5-9)12(14)15/h8-11,13H,4-7H2,1-3H3,(H,14,15). The topological polar surface area (TPSA) is 49.3 Å². The zero-order valence-electron chi connectivity index (χ0n) is 9.99. The summed E-state index contributed by atoms with van der Waals surface area (Å²) in [5.41, 5.74) is 0. The summed E-state index contributed by atoms with van der Waals surface area (Å²) >= 11 is 0. The molecule has 3 heteroatoms. The lowest BCUT2D eigenvalue weighted by Gasteiger charge is -2.34. The van der Waals surface area contributed by atoms with Crippen LogP contribution in [0.1, 0.15) is 39.5 Å². The van der Waals surface area contributed by atoms with E-state index in [9.17, 15) is 4.79 Å². The Morgan fingerprint density at radius 1 is 1.27 bits per heavy atom. The van der Waals surface area contributed by atoms with Crippen LogP contribution in [0.25, 0.3) is 0 Å². The summed E-state index contributed by atoms with van der Waals surface area (Å²) in [6.45, 7) is 4.45. The first kappa shape index (κ1) is 12.5. The van der Waals surface area contributed by atoms with Gasteiger partial charge in [-0.2, -0.15) is 0 Å². The number of hydrogen-bond donors (Lipinski definition) is 2. The molecule has 1 aliphatic carbocycles. The van der Waals surface area contributed by atoms with Gasteiger partial charge in [0.1, 0.15) is 0 Å². The zero-order chi connectivity index (χ0) is 11.4. The summed E-state index contributed by atoms with van der Waals surface area (Å²) in [5, 5.41) is 12.3. The molecule has 0 aromatic carbocycles. The molecule has 15 heavy (non-hydrogen) atoms. The fourth-order valence-electron chi connectivity index (χ4n) is 2.84. The fourth-order valence-corrected chi connectivity index (χ4v) is 2.84. The molecule has 0 heterocycles. The summed E-state index contributed by atoms with van der Waals surface area (Å²) in [6.07, 6.45) is 3.82. The molecule has 1 fully saturated rings. The number of hydrogen-bond acceptors (Lipinski definition) is 2. The van der Waals surface area contributed by atoms with Crippen molar-refractivity contribution in [3.63, 3.8) is 0 Å². The van der Waals surface area contributed by atoms with Crippen LogP contribution in [-0.4, -0.2) is 24.2 Å². The van der Waals surface area contributed by atoms with Crippen LogP contribution >= 0.6 is 0 Å². The Hall–Kier alpha value is -0.570. The van der Waals surface area contributed by atoms with Crippen molar-refractivity contribution in [3.05, 3.63) is 0 Å². The molecule has 0 spiro atoms. The van der Waals surface area contributed by atoms with Crippen LogP contribution in [0.2, 0.25) is 0 Å². The van der Waals surface area contributed by atoms with Gasteiger partial charge in [-0.25, -0.2) is 0 Å². The minimum Gasteiger partial charge on any atom is -0.481 e. The summed E-state index contributed by atoms with van der Waals surface area (Å²) < 4.78 is 0. The summed E-state index contributed by atoms with van der Waals surface area (Å²) in [4.78, 5) is 10.8. The number of aliphatic carboxylic acids is 1. The first-order chi connectivity index (χ1) is 7.06. The summed E-state index contributed by atoms with van der Waals surface area (Å²) in [5.74, 6) is 0.580. The second kappa shape index (κ2) is 5.50. The number of carbonyl (C=O) groups is 1. The molecule has 2 N–H and O–H groups in total. The lowest BCUT2D eigenvalue weighted by Crippen LogP contribution is -2.40. The monoisotopic (exact) mass is 213 g/mol. The van der Waals surface area contributed by atoms with Gasteiger partial charge in [-0.3, -0.25) is 4.79 Å². The van der Waals surface area contributed by atoms with Crippen molar-refractivity contribution >= 4 is 5.97 Å². The van der Waals surface area contributed by atoms with Crippen molar-refractivity contribution in [1.29, 1.82) is 0 Å². The van der Waals surface area contributed by atoms with Crippen LogP contribution in [0.5, 0.6) is 0 Å². The van der Waals surface area contributed by atoms with E-state index in [-0.39, 0.29) is 5.92 Å². The molecule has 0 amide bonds. The average molecular weight is 213 g/mol. The molecule has 0 saturated heterocycles. The van der Waals surface area contributed by atoms with Crippen LogP contribution in [0, 0.1) is 17.8 Å². The van der Waals surface area contributed by atoms with Crippen LogP contribution in [0.4, 0.5) is 0 Å². The molecule has 1 aliphatic rings. The first-order valence-corrected chi connectivity index (χ1v) is 5.96. The van der Waals surface area contributed by atoms with Gasteiger partial charge in [0.25, 0.3) is 0 Å². The second-order valence-electron chi connectivity index (χ2n) is 5.01. The normalized spacial score (nSPS) is 29.1. The van der Waals surface area contributed by atoms with Crippen LogP contribution in [-0.2, 0) is 4.79 Å². The summed E-state index contributed by atoms with van der Waals surface area (Å²) in [6, 6.07) is 0.541. The SMILES string of the molecule is CNC(C(C)C)C1CCC(C(=O)O)CC1. The highest BCUT2D eigenvalue weighted by atomic mass is 16.4. The maximum absolute atomic E-state index is 10.8. The number of carboxylic acids is 1. The van der Waals surface area contributed by atoms with Gasteiger partial charge in [0.05, 0.1) is 5.92 Å². The van der Waals surface area contributed by atoms with Gasteiger partial charge in [0, 0.05) is 6.04 Å². The van der Waals surface area contributed by atoms with Gasteiger partial charge in [-0.05, 0) is 44.6 Å². The molecular weight excluding hydrogens is 190 g/mol. The Morgan fingerprint density at radius 3 is 2.13 bits per heavy atom. The third-order valence-corrected chi connectivity index (χ3v) is 3.68. The van der Waals surface area contributed by atoms with E-state index in [2.05, 4.69) is 19.2 Å². The molecule has 1 atom stereocenters. The molecule has 1 saturated carbocycles. The number of carboxylic acid groups (broad SMARTS) is 1. The van der Waals surface area contributed by atoms with E-state index in [1.54, 1.807) is 0 Å². The van der Waals surface area contributed by atoms with Crippen LogP contribution < -0.4 is 5.32 Å². The molecule has 0 radical (unpaired) electrons. The Balaban J connectivity index is 2.45. The first-order valence-electron chi connectivity index (χ1n) is 5.96. The minimum absolute atomic E-state index is 0.0917. The minimum atomic E-state index is -0.612. The predicted octanol–water partition coefficient (Wildman–Crippen LogP) is 2.12. The largest absolute Gasteiger partial charge is 0.481 e. The maximum Gasteiger partial charge on any atom is 0.306 e. The van der Waals surface area contributed by atoms with Crippen molar-refractivity contribution in [3.8, 4) is 0 Å². The van der Waals surface area contributed by atoms with E-state index in [1.165, 1.54) is 0 Å².